The maximum atomic E-state index is 6.29. The maximum Gasteiger partial charge on any atom is 0.494 e. The molecule has 0 N–H and O–H groups in total. The number of rotatable bonds is 14. The Bertz CT molecular complexity index is 3080. The van der Waals surface area contributed by atoms with Crippen LogP contribution in [0.4, 0.5) is 0 Å². The largest absolute Gasteiger partial charge is 0.494 e. The highest BCUT2D eigenvalue weighted by Gasteiger charge is 2.53. The number of hydrogen-bond donors (Lipinski definition) is 0. The number of allylic oxidation sites excluding steroid dienone is 4. The fraction of sp³-hybridized carbons (Fsp3) is 0.314. The molecule has 0 aromatic heterocycles. The Morgan fingerprint density at radius 3 is 0.738 bits per heavy atom. The van der Waals surface area contributed by atoms with Gasteiger partial charge in [0.2, 0.25) is 0 Å². The third kappa shape index (κ3) is 9.92. The molecule has 80 heavy (non-hydrogen) atoms. The first kappa shape index (κ1) is 55.5. The second kappa shape index (κ2) is 20.8. The van der Waals surface area contributed by atoms with Gasteiger partial charge in [-0.15, -0.1) is 0 Å². The first-order chi connectivity index (χ1) is 38.2. The van der Waals surface area contributed by atoms with E-state index in [0.29, 0.717) is 0 Å². The minimum atomic E-state index is -0.756. The van der Waals surface area contributed by atoms with E-state index in [-0.39, 0.29) is 11.8 Å². The predicted molar refractivity (Wildman–Crippen MR) is 323 cm³/mol. The van der Waals surface area contributed by atoms with Gasteiger partial charge in [0.1, 0.15) is 22.4 Å². The molecule has 0 atom stereocenters. The smallest absolute Gasteiger partial charge is 0.399 e. The Labute approximate surface area is 475 Å². The van der Waals surface area contributed by atoms with E-state index in [4.69, 9.17) is 37.6 Å². The predicted octanol–water partition coefficient (Wildman–Crippen LogP) is 13.6. The van der Waals surface area contributed by atoms with Gasteiger partial charge < -0.3 is 37.6 Å². The molecule has 3 aliphatic carbocycles. The maximum absolute atomic E-state index is 6.29. The first-order valence-corrected chi connectivity index (χ1v) is 27.9. The van der Waals surface area contributed by atoms with Gasteiger partial charge >= 0.3 is 14.2 Å². The molecule has 11 rings (SSSR count). The van der Waals surface area contributed by atoms with Gasteiger partial charge in [-0.25, -0.2) is 0 Å². The van der Waals surface area contributed by atoms with Crippen molar-refractivity contribution < 1.29 is 37.6 Å². The molecule has 6 aromatic rings. The van der Waals surface area contributed by atoms with Crippen LogP contribution in [0.25, 0.3) is 22.3 Å². The third-order valence-corrected chi connectivity index (χ3v) is 18.4. The number of benzene rings is 6. The zero-order chi connectivity index (χ0) is 56.4. The summed E-state index contributed by atoms with van der Waals surface area (Å²) in [7, 11) is 6.20. The summed E-state index contributed by atoms with van der Waals surface area (Å²) in [6, 6.07) is 51.6. The van der Waals surface area contributed by atoms with Crippen molar-refractivity contribution in [2.24, 2.45) is 0 Å². The minimum Gasteiger partial charge on any atom is -0.399 e. The molecule has 6 aromatic carbocycles. The van der Waals surface area contributed by atoms with Crippen molar-refractivity contribution in [3.8, 4) is 22.3 Å². The lowest BCUT2D eigenvalue weighted by atomic mass is 9.77. The van der Waals surface area contributed by atoms with Crippen molar-refractivity contribution in [2.45, 2.75) is 112 Å². The average Bonchev–Trinajstić information content (AvgIpc) is 3.90. The fourth-order valence-corrected chi connectivity index (χ4v) is 11.5. The Morgan fingerprint density at radius 1 is 0.287 bits per heavy atom. The van der Waals surface area contributed by atoms with Crippen molar-refractivity contribution in [1.82, 2.24) is 0 Å². The van der Waals surface area contributed by atoms with Crippen LogP contribution in [0, 0.1) is 0 Å². The topological polar surface area (TPSA) is 73.8 Å². The van der Waals surface area contributed by atoms with Crippen molar-refractivity contribution in [1.29, 1.82) is 0 Å². The first-order valence-electron chi connectivity index (χ1n) is 27.9. The Balaban J connectivity index is 0.705. The van der Waals surface area contributed by atoms with Crippen LogP contribution in [0.3, 0.4) is 0 Å². The molecule has 0 amide bonds. The summed E-state index contributed by atoms with van der Waals surface area (Å²) in [5.74, 6) is 0.241. The van der Waals surface area contributed by atoms with E-state index in [0.717, 1.165) is 55.4 Å². The van der Waals surface area contributed by atoms with Gasteiger partial charge in [-0.2, -0.15) is 0 Å². The van der Waals surface area contributed by atoms with Crippen LogP contribution >= 0.6 is 0 Å². The van der Waals surface area contributed by atoms with Gasteiger partial charge in [0.05, 0.1) is 22.4 Å². The van der Waals surface area contributed by atoms with E-state index in [9.17, 15) is 0 Å². The summed E-state index contributed by atoms with van der Waals surface area (Å²) in [5.41, 5.74) is 8.67. The second-order valence-electron chi connectivity index (χ2n) is 24.0. The molecule has 0 bridgehead atoms. The average molecular weight is 1060 g/mol. The molecule has 408 valence electrons. The van der Waals surface area contributed by atoms with E-state index in [2.05, 4.69) is 274 Å². The highest BCUT2D eigenvalue weighted by Crippen LogP contribution is 2.44. The van der Waals surface area contributed by atoms with Crippen LogP contribution in [0.2, 0.25) is 0 Å². The van der Waals surface area contributed by atoms with Crippen LogP contribution in [0.1, 0.15) is 101 Å². The summed E-state index contributed by atoms with van der Waals surface area (Å²) < 4.78 is 50.0. The van der Waals surface area contributed by atoms with E-state index >= 15 is 0 Å². The monoisotopic (exact) mass is 1060 g/mol. The summed E-state index contributed by atoms with van der Waals surface area (Å²) in [6.07, 6.45) is 26.0. The van der Waals surface area contributed by atoms with Crippen LogP contribution < -0.4 is 10.9 Å². The summed E-state index contributed by atoms with van der Waals surface area (Å²) in [6.45, 7) is 16.6. The summed E-state index contributed by atoms with van der Waals surface area (Å²) in [5, 5.41) is 0. The molecule has 0 spiro atoms. The van der Waals surface area contributed by atoms with Gasteiger partial charge in [0.25, 0.3) is 0 Å². The molecule has 2 fully saturated rings. The Hall–Kier alpha value is -6.43. The van der Waals surface area contributed by atoms with Gasteiger partial charge in [-0.3, -0.25) is 0 Å². The third-order valence-electron chi connectivity index (χ3n) is 18.4. The molecule has 0 radical (unpaired) electrons. The van der Waals surface area contributed by atoms with Crippen molar-refractivity contribution in [2.75, 3.05) is 28.4 Å². The fourth-order valence-electron chi connectivity index (χ4n) is 11.5. The van der Waals surface area contributed by atoms with Gasteiger partial charge in [0.15, 0.2) is 0 Å². The standard InChI is InChI=1S/C70H74B2O8/c1-63(2)64(3,4)78-71(77-63)61-33-29-59(30-34-61)67(73-9)41-37-55(38-42-67)51-17-13-49(14-18-51)53-21-25-57(26-22-53)69(75-11)45-47-70(76-12,48-46-69)58-27-23-54(24-28-58)50-15-19-52(20-16-50)56-39-43-68(74-10,44-40-56)60-31-35-62(36-32-60)72-79-65(5,6)66(7,8)80-72/h13-48,55-56H,1-12H3. The van der Waals surface area contributed by atoms with Crippen LogP contribution in [0.15, 0.2) is 219 Å². The molecule has 8 nitrogen and oxygen atoms in total. The quantitative estimate of drug-likeness (QED) is 0.0789. The molecule has 0 unspecified atom stereocenters. The van der Waals surface area contributed by atoms with Gasteiger partial charge in [0, 0.05) is 40.3 Å². The number of methoxy groups -OCH3 is 4. The van der Waals surface area contributed by atoms with Crippen LogP contribution in [-0.2, 0) is 60.0 Å². The normalized spacial score (nSPS) is 27.8. The van der Waals surface area contributed by atoms with Crippen molar-refractivity contribution >= 4 is 25.2 Å². The number of hydrogen-bond acceptors (Lipinski definition) is 8. The zero-order valence-corrected chi connectivity index (χ0v) is 48.4. The molecule has 5 aliphatic rings. The van der Waals surface area contributed by atoms with E-state index < -0.39 is 59.0 Å². The highest BCUT2D eigenvalue weighted by molar-refractivity contribution is 6.62. The van der Waals surface area contributed by atoms with Crippen molar-refractivity contribution in [3.05, 3.63) is 252 Å². The van der Waals surface area contributed by atoms with Crippen LogP contribution in [-0.4, -0.2) is 65.1 Å². The Kier molecular flexibility index (Phi) is 14.4. The molecule has 10 heteroatoms. The van der Waals surface area contributed by atoms with Crippen LogP contribution in [0.5, 0.6) is 0 Å². The Morgan fingerprint density at radius 2 is 0.500 bits per heavy atom. The lowest BCUT2D eigenvalue weighted by Gasteiger charge is -2.36. The molecule has 0 saturated carbocycles. The molecule has 2 aliphatic heterocycles. The molecule has 2 heterocycles. The van der Waals surface area contributed by atoms with E-state index in [1.165, 1.54) is 11.1 Å². The summed E-state index contributed by atoms with van der Waals surface area (Å²) in [4.78, 5) is 0. The van der Waals surface area contributed by atoms with E-state index in [1.54, 1.807) is 28.4 Å². The zero-order valence-electron chi connectivity index (χ0n) is 48.4. The SMILES string of the molecule is COC1(c2ccc(B3OC(C)(C)C(C)(C)O3)cc2)C=CC(c2ccc(-c3ccc(C4(OC)C=CC(OC)(c5ccc(-c6ccc(C7C=CC(OC)(c8ccc(B9OC(C)(C)C(C)(C)O9)cc8)C=C7)cc6)cc5)C=C4)cc3)cc2)C=C1. The van der Waals surface area contributed by atoms with Crippen molar-refractivity contribution in [3.63, 3.8) is 0 Å². The number of ether oxygens (including phenoxy) is 4. The lowest BCUT2D eigenvalue weighted by Crippen LogP contribution is -2.41. The van der Waals surface area contributed by atoms with E-state index in [1.807, 2.05) is 0 Å². The molecule has 2 saturated heterocycles. The summed E-state index contributed by atoms with van der Waals surface area (Å²) >= 11 is 0. The molecular formula is C70H74B2O8. The van der Waals surface area contributed by atoms with Gasteiger partial charge in [-0.1, -0.05) is 170 Å². The second-order valence-corrected chi connectivity index (χ2v) is 24.0. The molecular weight excluding hydrogens is 990 g/mol. The van der Waals surface area contributed by atoms with Gasteiger partial charge in [-0.05, 0) is 171 Å². The minimum absolute atomic E-state index is 0.121. The lowest BCUT2D eigenvalue weighted by molar-refractivity contribution is 0.00578. The highest BCUT2D eigenvalue weighted by atomic mass is 16.7.